The second-order valence-electron chi connectivity index (χ2n) is 4.97. The van der Waals surface area contributed by atoms with Gasteiger partial charge in [-0.25, -0.2) is 13.2 Å². The maximum atomic E-state index is 14.2. The van der Waals surface area contributed by atoms with E-state index in [1.165, 1.54) is 31.6 Å². The molecule has 0 radical (unpaired) electrons. The summed E-state index contributed by atoms with van der Waals surface area (Å²) >= 11 is 0. The lowest BCUT2D eigenvalue weighted by molar-refractivity contribution is 0.201. The van der Waals surface area contributed by atoms with Crippen molar-refractivity contribution in [2.75, 3.05) is 13.7 Å². The maximum Gasteiger partial charge on any atom is 0.201 e. The van der Waals surface area contributed by atoms with Gasteiger partial charge in [0.05, 0.1) is 12.9 Å². The molecule has 0 bridgehead atoms. The minimum Gasteiger partial charge on any atom is -0.462 e. The summed E-state index contributed by atoms with van der Waals surface area (Å²) in [5, 5.41) is 0. The van der Waals surface area contributed by atoms with Crippen molar-refractivity contribution in [3.05, 3.63) is 65.4 Å². The van der Waals surface area contributed by atoms with Crippen LogP contribution < -0.4 is 4.74 Å². The van der Waals surface area contributed by atoms with E-state index in [0.717, 1.165) is 12.1 Å². The molecule has 0 aliphatic carbocycles. The van der Waals surface area contributed by atoms with Gasteiger partial charge in [-0.15, -0.1) is 0 Å². The van der Waals surface area contributed by atoms with E-state index in [2.05, 4.69) is 0 Å². The van der Waals surface area contributed by atoms with Crippen molar-refractivity contribution in [2.24, 2.45) is 0 Å². The Kier molecular flexibility index (Phi) is 5.98. The lowest BCUT2D eigenvalue weighted by Crippen LogP contribution is -2.02. The van der Waals surface area contributed by atoms with Gasteiger partial charge in [-0.2, -0.15) is 4.39 Å². The summed E-state index contributed by atoms with van der Waals surface area (Å²) in [7, 11) is 1.44. The summed E-state index contributed by atoms with van der Waals surface area (Å²) in [4.78, 5) is 0. The molecule has 0 amide bonds. The quantitative estimate of drug-likeness (QED) is 0.543. The molecule has 0 heterocycles. The summed E-state index contributed by atoms with van der Waals surface area (Å²) in [5.74, 6) is -5.25. The normalized spacial score (nSPS) is 11.2. The van der Waals surface area contributed by atoms with E-state index >= 15 is 0 Å². The van der Waals surface area contributed by atoms with Crippen LogP contribution in [0.15, 0.2) is 36.6 Å². The minimum absolute atomic E-state index is 0.104. The third-order valence-corrected chi connectivity index (χ3v) is 3.41. The standard InChI is InChI=1S/C18H16F4O2/c1-3-9-24-14-7-6-13(17(21)18(14)22)12-5-4-11(8-10-23-2)15(19)16(12)20/h3-7,9H,8,10H2,1-2H3/b9-3+. The van der Waals surface area contributed by atoms with Gasteiger partial charge in [0, 0.05) is 18.2 Å². The lowest BCUT2D eigenvalue weighted by atomic mass is 10.0. The SMILES string of the molecule is C/C=C/Oc1ccc(-c2ccc(CCOC)c(F)c2F)c(F)c1F. The van der Waals surface area contributed by atoms with Crippen molar-refractivity contribution in [1.82, 2.24) is 0 Å². The lowest BCUT2D eigenvalue weighted by Gasteiger charge is -2.11. The van der Waals surface area contributed by atoms with Crippen LogP contribution in [-0.2, 0) is 11.2 Å². The zero-order valence-electron chi connectivity index (χ0n) is 13.2. The number of rotatable bonds is 6. The average Bonchev–Trinajstić information content (AvgIpc) is 2.58. The van der Waals surface area contributed by atoms with Gasteiger partial charge in [0.15, 0.2) is 23.2 Å². The van der Waals surface area contributed by atoms with Crippen LogP contribution in [0.4, 0.5) is 17.6 Å². The van der Waals surface area contributed by atoms with E-state index < -0.39 is 23.3 Å². The molecule has 0 atom stereocenters. The molecule has 0 unspecified atom stereocenters. The Labute approximate surface area is 137 Å². The fraction of sp³-hybridized carbons (Fsp3) is 0.222. The van der Waals surface area contributed by atoms with Crippen molar-refractivity contribution in [1.29, 1.82) is 0 Å². The molecule has 0 spiro atoms. The first-order valence-corrected chi connectivity index (χ1v) is 7.23. The van der Waals surface area contributed by atoms with Gasteiger partial charge in [0.2, 0.25) is 5.82 Å². The molecule has 24 heavy (non-hydrogen) atoms. The number of ether oxygens (including phenoxy) is 2. The molecule has 0 N–H and O–H groups in total. The van der Waals surface area contributed by atoms with E-state index in [0.29, 0.717) is 0 Å². The third-order valence-electron chi connectivity index (χ3n) is 3.41. The van der Waals surface area contributed by atoms with Crippen molar-refractivity contribution >= 4 is 0 Å². The van der Waals surface area contributed by atoms with Gasteiger partial charge < -0.3 is 9.47 Å². The van der Waals surface area contributed by atoms with Crippen LogP contribution in [0.25, 0.3) is 11.1 Å². The fourth-order valence-corrected chi connectivity index (χ4v) is 2.17. The molecule has 6 heteroatoms. The summed E-state index contributed by atoms with van der Waals surface area (Å²) in [5.41, 5.74) is -0.635. The minimum atomic E-state index is -1.31. The molecular weight excluding hydrogens is 324 g/mol. The molecule has 128 valence electrons. The Morgan fingerprint density at radius 3 is 2.12 bits per heavy atom. The number of methoxy groups -OCH3 is 1. The van der Waals surface area contributed by atoms with Crippen LogP contribution in [-0.4, -0.2) is 13.7 Å². The highest BCUT2D eigenvalue weighted by atomic mass is 19.2. The van der Waals surface area contributed by atoms with Gasteiger partial charge in [-0.3, -0.25) is 0 Å². The van der Waals surface area contributed by atoms with E-state index in [4.69, 9.17) is 9.47 Å². The molecule has 0 aliphatic rings. The zero-order valence-corrected chi connectivity index (χ0v) is 13.2. The summed E-state index contributed by atoms with van der Waals surface area (Å²) in [6.07, 6.45) is 2.86. The van der Waals surface area contributed by atoms with Crippen LogP contribution in [0.2, 0.25) is 0 Å². The number of halogens is 4. The monoisotopic (exact) mass is 340 g/mol. The smallest absolute Gasteiger partial charge is 0.201 e. The zero-order chi connectivity index (χ0) is 17.7. The first kappa shape index (κ1) is 18.0. The van der Waals surface area contributed by atoms with E-state index in [9.17, 15) is 17.6 Å². The number of benzene rings is 2. The van der Waals surface area contributed by atoms with Gasteiger partial charge in [0.1, 0.15) is 0 Å². The van der Waals surface area contributed by atoms with Crippen molar-refractivity contribution in [3.63, 3.8) is 0 Å². The second-order valence-corrected chi connectivity index (χ2v) is 4.97. The van der Waals surface area contributed by atoms with Crippen LogP contribution in [0, 0.1) is 23.3 Å². The first-order valence-electron chi connectivity index (χ1n) is 7.23. The first-order chi connectivity index (χ1) is 11.5. The van der Waals surface area contributed by atoms with E-state index in [1.807, 2.05) is 0 Å². The largest absolute Gasteiger partial charge is 0.462 e. The number of hydrogen-bond donors (Lipinski definition) is 0. The van der Waals surface area contributed by atoms with Crippen LogP contribution in [0.3, 0.4) is 0 Å². The summed E-state index contributed by atoms with van der Waals surface area (Å²) < 4.78 is 66.2. The topological polar surface area (TPSA) is 18.5 Å². The Hall–Kier alpha value is -2.34. The molecule has 2 aromatic rings. The fourth-order valence-electron chi connectivity index (χ4n) is 2.17. The highest BCUT2D eigenvalue weighted by Crippen LogP contribution is 2.33. The predicted octanol–water partition coefficient (Wildman–Crippen LogP) is 5.01. The van der Waals surface area contributed by atoms with Crippen molar-refractivity contribution in [2.45, 2.75) is 13.3 Å². The van der Waals surface area contributed by atoms with Gasteiger partial charge in [-0.1, -0.05) is 18.2 Å². The average molecular weight is 340 g/mol. The number of hydrogen-bond acceptors (Lipinski definition) is 2. The van der Waals surface area contributed by atoms with Crippen LogP contribution >= 0.6 is 0 Å². The Bertz CT molecular complexity index is 757. The van der Waals surface area contributed by atoms with Crippen LogP contribution in [0.1, 0.15) is 12.5 Å². The van der Waals surface area contributed by atoms with Crippen molar-refractivity contribution in [3.8, 4) is 16.9 Å². The molecular formula is C18H16F4O2. The van der Waals surface area contributed by atoms with Crippen LogP contribution in [0.5, 0.6) is 5.75 Å². The Morgan fingerprint density at radius 1 is 0.875 bits per heavy atom. The molecule has 0 fully saturated rings. The second kappa shape index (κ2) is 7.97. The van der Waals surface area contributed by atoms with E-state index in [-0.39, 0.29) is 35.5 Å². The van der Waals surface area contributed by atoms with Gasteiger partial charge in [0.25, 0.3) is 0 Å². The summed E-state index contributed by atoms with van der Waals surface area (Å²) in [6, 6.07) is 4.84. The highest BCUT2D eigenvalue weighted by molar-refractivity contribution is 5.66. The summed E-state index contributed by atoms with van der Waals surface area (Å²) in [6.45, 7) is 1.86. The maximum absolute atomic E-state index is 14.2. The predicted molar refractivity (Wildman–Crippen MR) is 82.7 cm³/mol. The molecule has 2 aromatic carbocycles. The molecule has 0 saturated heterocycles. The van der Waals surface area contributed by atoms with Crippen molar-refractivity contribution < 1.29 is 27.0 Å². The molecule has 0 aromatic heterocycles. The molecule has 0 aliphatic heterocycles. The number of allylic oxidation sites excluding steroid dienone is 1. The highest BCUT2D eigenvalue weighted by Gasteiger charge is 2.21. The molecule has 2 rings (SSSR count). The third kappa shape index (κ3) is 3.59. The van der Waals surface area contributed by atoms with E-state index in [1.54, 1.807) is 6.92 Å². The molecule has 0 saturated carbocycles. The Morgan fingerprint density at radius 2 is 1.50 bits per heavy atom. The van der Waals surface area contributed by atoms with Gasteiger partial charge >= 0.3 is 0 Å². The van der Waals surface area contributed by atoms with Gasteiger partial charge in [-0.05, 0) is 31.0 Å². The Balaban J connectivity index is 2.45. The molecule has 2 nitrogen and oxygen atoms in total.